The molecule has 2 aliphatic rings. The fraction of sp³-hybridized carbons (Fsp3) is 0.579. The Morgan fingerprint density at radius 3 is 2.79 bits per heavy atom. The Morgan fingerprint density at radius 1 is 1.21 bits per heavy atom. The van der Waals surface area contributed by atoms with Crippen molar-refractivity contribution in [3.05, 3.63) is 36.2 Å². The molecule has 0 amide bonds. The number of nitrogens with zero attached hydrogens (tertiary/aromatic N) is 4. The zero-order valence-electron chi connectivity index (χ0n) is 14.5. The Hall–Kier alpha value is -1.72. The Labute approximate surface area is 143 Å². The molecule has 2 aromatic rings. The molecule has 24 heavy (non-hydrogen) atoms. The molecule has 0 bridgehead atoms. The quantitative estimate of drug-likeness (QED) is 0.938. The fourth-order valence-corrected chi connectivity index (χ4v) is 4.68. The minimum Gasteiger partial charge on any atom is -0.330 e. The van der Waals surface area contributed by atoms with Crippen LogP contribution in [0.4, 0.5) is 0 Å². The van der Waals surface area contributed by atoms with Crippen LogP contribution in [0.2, 0.25) is 0 Å². The van der Waals surface area contributed by atoms with E-state index in [0.717, 1.165) is 49.3 Å². The first-order valence-corrected chi connectivity index (χ1v) is 9.08. The van der Waals surface area contributed by atoms with Gasteiger partial charge >= 0.3 is 0 Å². The third kappa shape index (κ3) is 2.66. The molecular weight excluding hydrogens is 298 g/mol. The van der Waals surface area contributed by atoms with Gasteiger partial charge in [0.05, 0.1) is 6.54 Å². The number of benzene rings is 1. The van der Waals surface area contributed by atoms with Gasteiger partial charge in [-0.25, -0.2) is 0 Å². The number of nitrogens with two attached hydrogens (primary N) is 1. The SMILES string of the molecule is Cn1c(CN2CC3CCCCC3(CN)C2)nnc1-c1ccccc1. The second-order valence-corrected chi connectivity index (χ2v) is 7.54. The monoisotopic (exact) mass is 325 g/mol. The first-order chi connectivity index (χ1) is 11.7. The second-order valence-electron chi connectivity index (χ2n) is 7.54. The van der Waals surface area contributed by atoms with E-state index in [-0.39, 0.29) is 0 Å². The molecule has 2 heterocycles. The van der Waals surface area contributed by atoms with Crippen LogP contribution in [0.15, 0.2) is 30.3 Å². The number of fused-ring (bicyclic) bond motifs is 1. The largest absolute Gasteiger partial charge is 0.330 e. The number of rotatable bonds is 4. The van der Waals surface area contributed by atoms with Gasteiger partial charge in [-0.3, -0.25) is 4.90 Å². The van der Waals surface area contributed by atoms with Crippen LogP contribution < -0.4 is 5.73 Å². The fourth-order valence-electron chi connectivity index (χ4n) is 4.68. The molecule has 128 valence electrons. The maximum absolute atomic E-state index is 6.18. The summed E-state index contributed by atoms with van der Waals surface area (Å²) >= 11 is 0. The highest BCUT2D eigenvalue weighted by molar-refractivity contribution is 5.54. The molecule has 0 radical (unpaired) electrons. The van der Waals surface area contributed by atoms with Crippen molar-refractivity contribution in [3.8, 4) is 11.4 Å². The van der Waals surface area contributed by atoms with Crippen molar-refractivity contribution in [2.24, 2.45) is 24.1 Å². The number of hydrogen-bond acceptors (Lipinski definition) is 4. The molecule has 2 unspecified atom stereocenters. The Bertz CT molecular complexity index is 695. The summed E-state index contributed by atoms with van der Waals surface area (Å²) in [6.07, 6.45) is 5.33. The van der Waals surface area contributed by atoms with Crippen molar-refractivity contribution < 1.29 is 0 Å². The van der Waals surface area contributed by atoms with Crippen molar-refractivity contribution in [1.82, 2.24) is 19.7 Å². The van der Waals surface area contributed by atoms with E-state index in [9.17, 15) is 0 Å². The van der Waals surface area contributed by atoms with Gasteiger partial charge in [0, 0.05) is 25.7 Å². The lowest BCUT2D eigenvalue weighted by molar-refractivity contribution is 0.154. The highest BCUT2D eigenvalue weighted by Gasteiger charge is 2.46. The smallest absolute Gasteiger partial charge is 0.163 e. The van der Waals surface area contributed by atoms with Gasteiger partial charge in [0.15, 0.2) is 5.82 Å². The zero-order chi connectivity index (χ0) is 16.6. The molecule has 1 aliphatic carbocycles. The lowest BCUT2D eigenvalue weighted by Gasteiger charge is -2.37. The average Bonchev–Trinajstić information content (AvgIpc) is 3.17. The topological polar surface area (TPSA) is 60.0 Å². The van der Waals surface area contributed by atoms with Gasteiger partial charge in [0.25, 0.3) is 0 Å². The summed E-state index contributed by atoms with van der Waals surface area (Å²) < 4.78 is 2.13. The Kier molecular flexibility index (Phi) is 4.14. The molecule has 1 aromatic carbocycles. The molecule has 1 aliphatic heterocycles. The number of aromatic nitrogens is 3. The number of hydrogen-bond donors (Lipinski definition) is 1. The van der Waals surface area contributed by atoms with Crippen molar-refractivity contribution in [2.45, 2.75) is 32.2 Å². The van der Waals surface area contributed by atoms with E-state index >= 15 is 0 Å². The molecule has 5 heteroatoms. The first-order valence-electron chi connectivity index (χ1n) is 9.08. The van der Waals surface area contributed by atoms with Gasteiger partial charge in [-0.05, 0) is 30.7 Å². The van der Waals surface area contributed by atoms with Crippen LogP contribution in [-0.4, -0.2) is 39.3 Å². The second kappa shape index (κ2) is 6.30. The van der Waals surface area contributed by atoms with E-state index in [1.54, 1.807) is 0 Å². The van der Waals surface area contributed by atoms with Crippen LogP contribution in [0.25, 0.3) is 11.4 Å². The maximum atomic E-state index is 6.18. The summed E-state index contributed by atoms with van der Waals surface area (Å²) in [5.41, 5.74) is 7.65. The molecule has 5 nitrogen and oxygen atoms in total. The van der Waals surface area contributed by atoms with Gasteiger partial charge in [-0.1, -0.05) is 43.2 Å². The number of likely N-dealkylation sites (tertiary alicyclic amines) is 1. The lowest BCUT2D eigenvalue weighted by Crippen LogP contribution is -2.40. The highest BCUT2D eigenvalue weighted by atomic mass is 15.3. The molecule has 1 aromatic heterocycles. The molecule has 2 fully saturated rings. The van der Waals surface area contributed by atoms with Crippen molar-refractivity contribution in [3.63, 3.8) is 0 Å². The third-order valence-corrected chi connectivity index (χ3v) is 6.13. The first kappa shape index (κ1) is 15.8. The van der Waals surface area contributed by atoms with Crippen LogP contribution in [0.5, 0.6) is 0 Å². The van der Waals surface area contributed by atoms with Crippen LogP contribution in [0, 0.1) is 11.3 Å². The predicted octanol–water partition coefficient (Wildman–Crippen LogP) is 2.43. The van der Waals surface area contributed by atoms with Gasteiger partial charge in [-0.2, -0.15) is 0 Å². The van der Waals surface area contributed by atoms with E-state index in [0.29, 0.717) is 5.41 Å². The normalized spacial score (nSPS) is 27.3. The summed E-state index contributed by atoms with van der Waals surface area (Å²) in [7, 11) is 2.07. The maximum Gasteiger partial charge on any atom is 0.163 e. The van der Waals surface area contributed by atoms with E-state index < -0.39 is 0 Å². The van der Waals surface area contributed by atoms with Crippen molar-refractivity contribution in [2.75, 3.05) is 19.6 Å². The minimum atomic E-state index is 0.346. The van der Waals surface area contributed by atoms with E-state index in [1.807, 2.05) is 18.2 Å². The van der Waals surface area contributed by atoms with E-state index in [4.69, 9.17) is 5.73 Å². The summed E-state index contributed by atoms with van der Waals surface area (Å²) in [5, 5.41) is 8.88. The van der Waals surface area contributed by atoms with Crippen molar-refractivity contribution in [1.29, 1.82) is 0 Å². The molecule has 0 spiro atoms. The van der Waals surface area contributed by atoms with Gasteiger partial charge < -0.3 is 10.3 Å². The summed E-state index contributed by atoms with van der Waals surface area (Å²) in [6, 6.07) is 10.3. The lowest BCUT2D eigenvalue weighted by atomic mass is 9.68. The minimum absolute atomic E-state index is 0.346. The molecule has 2 atom stereocenters. The molecule has 4 rings (SSSR count). The van der Waals surface area contributed by atoms with Gasteiger partial charge in [-0.15, -0.1) is 10.2 Å². The molecule has 1 saturated heterocycles. The van der Waals surface area contributed by atoms with Crippen LogP contribution in [-0.2, 0) is 13.6 Å². The summed E-state index contributed by atoms with van der Waals surface area (Å²) in [6.45, 7) is 3.96. The predicted molar refractivity (Wildman–Crippen MR) is 95.2 cm³/mol. The third-order valence-electron chi connectivity index (χ3n) is 6.13. The highest BCUT2D eigenvalue weighted by Crippen LogP contribution is 2.46. The molecule has 2 N–H and O–H groups in total. The summed E-state index contributed by atoms with van der Waals surface area (Å²) in [4.78, 5) is 2.54. The Morgan fingerprint density at radius 2 is 2.04 bits per heavy atom. The molecule has 1 saturated carbocycles. The summed E-state index contributed by atoms with van der Waals surface area (Å²) in [5.74, 6) is 2.74. The van der Waals surface area contributed by atoms with Crippen molar-refractivity contribution >= 4 is 0 Å². The van der Waals surface area contributed by atoms with Crippen LogP contribution in [0.3, 0.4) is 0 Å². The average molecular weight is 325 g/mol. The van der Waals surface area contributed by atoms with Crippen LogP contribution in [0.1, 0.15) is 31.5 Å². The van der Waals surface area contributed by atoms with E-state index in [1.165, 1.54) is 25.7 Å². The zero-order valence-corrected chi connectivity index (χ0v) is 14.5. The molecular formula is C19H27N5. The van der Waals surface area contributed by atoms with E-state index in [2.05, 4.69) is 38.8 Å². The standard InChI is InChI=1S/C19H27N5/c1-23-17(21-22-18(23)15-7-3-2-4-8-15)12-24-11-16-9-5-6-10-19(16,13-20)14-24/h2-4,7-8,16H,5-6,9-14,20H2,1H3. The van der Waals surface area contributed by atoms with Gasteiger partial charge in [0.2, 0.25) is 0 Å². The Balaban J connectivity index is 1.52. The van der Waals surface area contributed by atoms with Gasteiger partial charge in [0.1, 0.15) is 5.82 Å². The van der Waals surface area contributed by atoms with Crippen LogP contribution >= 0.6 is 0 Å².